The first-order valence-electron chi connectivity index (χ1n) is 10.2. The molecule has 31 heavy (non-hydrogen) atoms. The number of hydrogen-bond donors (Lipinski definition) is 4. The summed E-state index contributed by atoms with van der Waals surface area (Å²) in [5.74, 6) is -0.741. The molecule has 2 heterocycles. The van der Waals surface area contributed by atoms with Gasteiger partial charge in [0.15, 0.2) is 0 Å². The van der Waals surface area contributed by atoms with Crippen LogP contribution in [0.2, 0.25) is 0 Å². The SMILES string of the molecule is CC(C)C(N)=NC(=N)/C=C\C(=[NH2+])c1sc(C2CCNCC2)nc1-c1ccc(F)cc1F. The van der Waals surface area contributed by atoms with Crippen LogP contribution in [0.1, 0.15) is 42.5 Å². The Balaban J connectivity index is 1.96. The van der Waals surface area contributed by atoms with Crippen molar-refractivity contribution in [3.8, 4) is 11.3 Å². The number of rotatable bonds is 6. The summed E-state index contributed by atoms with van der Waals surface area (Å²) in [4.78, 5) is 9.32. The van der Waals surface area contributed by atoms with Crippen molar-refractivity contribution < 1.29 is 14.2 Å². The second kappa shape index (κ2) is 10.0. The van der Waals surface area contributed by atoms with Gasteiger partial charge in [-0.2, -0.15) is 0 Å². The van der Waals surface area contributed by atoms with Crippen molar-refractivity contribution in [1.29, 1.82) is 5.41 Å². The number of nitrogens with zero attached hydrogens (tertiary/aromatic N) is 2. The molecule has 0 radical (unpaired) electrons. The summed E-state index contributed by atoms with van der Waals surface area (Å²) in [6.45, 7) is 5.57. The molecule has 1 aromatic carbocycles. The van der Waals surface area contributed by atoms with E-state index in [1.165, 1.54) is 29.5 Å². The van der Waals surface area contributed by atoms with Crippen molar-refractivity contribution in [2.45, 2.75) is 32.6 Å². The minimum Gasteiger partial charge on any atom is -0.387 e. The van der Waals surface area contributed by atoms with Crippen LogP contribution in [0.15, 0.2) is 35.3 Å². The van der Waals surface area contributed by atoms with Gasteiger partial charge in [-0.1, -0.05) is 13.8 Å². The molecule has 0 saturated carbocycles. The van der Waals surface area contributed by atoms with Gasteiger partial charge in [-0.05, 0) is 44.1 Å². The Morgan fingerprint density at radius 1 is 1.32 bits per heavy atom. The Morgan fingerprint density at radius 3 is 2.68 bits per heavy atom. The Bertz CT molecular complexity index is 1030. The molecular formula is C22H27F2N6S+. The lowest BCUT2D eigenvalue weighted by Gasteiger charge is -2.20. The third-order valence-electron chi connectivity index (χ3n) is 5.04. The van der Waals surface area contributed by atoms with Gasteiger partial charge in [0.2, 0.25) is 5.71 Å². The standard InChI is InChI=1S/C22H26F2N6S/c1-12(2)21(27)29-18(26)6-5-17(25)20-19(15-4-3-14(23)11-16(15)24)30-22(31-20)13-7-9-28-10-8-13/h3-6,11-13,25,28H,7-10H2,1-2H3,(H3,26,27,29)/p+1/b6-5-,25-17?. The topological polar surface area (TPSA) is 113 Å². The number of thiazole rings is 1. The van der Waals surface area contributed by atoms with Crippen LogP contribution in [-0.2, 0) is 0 Å². The van der Waals surface area contributed by atoms with E-state index in [0.29, 0.717) is 22.1 Å². The summed E-state index contributed by atoms with van der Waals surface area (Å²) >= 11 is 1.41. The molecule has 0 atom stereocenters. The summed E-state index contributed by atoms with van der Waals surface area (Å²) in [5, 5.41) is 18.5. The van der Waals surface area contributed by atoms with E-state index in [4.69, 9.17) is 21.5 Å². The summed E-state index contributed by atoms with van der Waals surface area (Å²) in [6, 6.07) is 3.42. The number of hydrogen-bond acceptors (Lipinski definition) is 4. The summed E-state index contributed by atoms with van der Waals surface area (Å²) in [7, 11) is 0. The summed E-state index contributed by atoms with van der Waals surface area (Å²) < 4.78 is 28.0. The van der Waals surface area contributed by atoms with Gasteiger partial charge >= 0.3 is 0 Å². The molecule has 0 amide bonds. The number of aromatic nitrogens is 1. The van der Waals surface area contributed by atoms with Crippen LogP contribution in [0, 0.1) is 23.0 Å². The zero-order valence-electron chi connectivity index (χ0n) is 17.6. The number of nitrogens with one attached hydrogen (secondary N) is 2. The fourth-order valence-electron chi connectivity index (χ4n) is 3.19. The van der Waals surface area contributed by atoms with E-state index in [2.05, 4.69) is 10.3 Å². The second-order valence-corrected chi connectivity index (χ2v) is 8.77. The average molecular weight is 446 g/mol. The maximum atomic E-state index is 14.5. The van der Waals surface area contributed by atoms with Gasteiger partial charge in [0.25, 0.3) is 0 Å². The number of benzene rings is 1. The van der Waals surface area contributed by atoms with Crippen molar-refractivity contribution in [3.05, 3.63) is 51.9 Å². The van der Waals surface area contributed by atoms with Crippen LogP contribution in [-0.4, -0.2) is 35.5 Å². The van der Waals surface area contributed by atoms with E-state index < -0.39 is 11.6 Å². The van der Waals surface area contributed by atoms with Crippen LogP contribution in [0.4, 0.5) is 8.78 Å². The van der Waals surface area contributed by atoms with Gasteiger partial charge in [0, 0.05) is 29.5 Å². The van der Waals surface area contributed by atoms with Crippen LogP contribution in [0.5, 0.6) is 0 Å². The molecule has 6 nitrogen and oxygen atoms in total. The molecule has 1 aliphatic heterocycles. The average Bonchev–Trinajstić information content (AvgIpc) is 3.17. The number of halogens is 2. The Labute approximate surface area is 184 Å². The van der Waals surface area contributed by atoms with Gasteiger partial charge < -0.3 is 11.1 Å². The van der Waals surface area contributed by atoms with Gasteiger partial charge in [-0.15, -0.1) is 11.3 Å². The van der Waals surface area contributed by atoms with Gasteiger partial charge in [0.1, 0.15) is 28.2 Å². The molecule has 1 saturated heterocycles. The normalized spacial score (nSPS) is 15.7. The van der Waals surface area contributed by atoms with Gasteiger partial charge in [-0.25, -0.2) is 18.8 Å². The largest absolute Gasteiger partial charge is 0.387 e. The minimum absolute atomic E-state index is 0.0252. The highest BCUT2D eigenvalue weighted by atomic mass is 32.1. The maximum absolute atomic E-state index is 14.5. The first-order chi connectivity index (χ1) is 14.8. The van der Waals surface area contributed by atoms with Gasteiger partial charge in [0.05, 0.1) is 10.7 Å². The predicted molar refractivity (Wildman–Crippen MR) is 122 cm³/mol. The molecule has 1 aliphatic rings. The quantitative estimate of drug-likeness (QED) is 0.405. The van der Waals surface area contributed by atoms with E-state index in [1.807, 2.05) is 13.8 Å². The molecule has 1 fully saturated rings. The number of aliphatic imine (C=N–C) groups is 1. The predicted octanol–water partition coefficient (Wildman–Crippen LogP) is 2.65. The lowest BCUT2D eigenvalue weighted by atomic mass is 9.99. The molecule has 0 aliphatic carbocycles. The number of piperidine rings is 1. The second-order valence-electron chi connectivity index (χ2n) is 7.74. The lowest BCUT2D eigenvalue weighted by Crippen LogP contribution is -2.38. The number of nitrogens with two attached hydrogens (primary N) is 2. The molecule has 0 bridgehead atoms. The van der Waals surface area contributed by atoms with Gasteiger partial charge in [-0.3, -0.25) is 10.8 Å². The molecule has 164 valence electrons. The molecule has 0 spiro atoms. The highest BCUT2D eigenvalue weighted by Gasteiger charge is 2.26. The monoisotopic (exact) mass is 445 g/mol. The smallest absolute Gasteiger partial charge is 0.216 e. The van der Waals surface area contributed by atoms with E-state index in [1.54, 1.807) is 6.08 Å². The highest BCUT2D eigenvalue weighted by molar-refractivity contribution is 7.14. The minimum atomic E-state index is -0.692. The third kappa shape index (κ3) is 5.68. The first-order valence-corrected chi connectivity index (χ1v) is 11.0. The van der Waals surface area contributed by atoms with Crippen molar-refractivity contribution in [2.75, 3.05) is 13.1 Å². The first kappa shape index (κ1) is 22.9. The summed E-state index contributed by atoms with van der Waals surface area (Å²) in [5.41, 5.74) is 6.71. The molecule has 2 aromatic rings. The van der Waals surface area contributed by atoms with Crippen LogP contribution >= 0.6 is 11.3 Å². The fourth-order valence-corrected chi connectivity index (χ4v) is 4.38. The zero-order valence-corrected chi connectivity index (χ0v) is 18.4. The Morgan fingerprint density at radius 2 is 2.03 bits per heavy atom. The van der Waals surface area contributed by atoms with Crippen molar-refractivity contribution >= 4 is 28.7 Å². The van der Waals surface area contributed by atoms with E-state index in [-0.39, 0.29) is 23.2 Å². The van der Waals surface area contributed by atoms with E-state index >= 15 is 0 Å². The summed E-state index contributed by atoms with van der Waals surface area (Å²) in [6.07, 6.45) is 4.85. The molecular weight excluding hydrogens is 418 g/mol. The number of amidine groups is 2. The third-order valence-corrected chi connectivity index (χ3v) is 6.31. The molecule has 3 rings (SSSR count). The fraction of sp³-hybridized carbons (Fsp3) is 0.364. The van der Waals surface area contributed by atoms with Crippen LogP contribution < -0.4 is 16.5 Å². The highest BCUT2D eigenvalue weighted by Crippen LogP contribution is 2.36. The van der Waals surface area contributed by atoms with E-state index in [0.717, 1.165) is 37.0 Å². The molecule has 0 unspecified atom stereocenters. The number of allylic oxidation sites excluding steroid dienone is 1. The van der Waals surface area contributed by atoms with Crippen molar-refractivity contribution in [2.24, 2.45) is 16.6 Å². The van der Waals surface area contributed by atoms with Crippen LogP contribution in [0.25, 0.3) is 11.3 Å². The van der Waals surface area contributed by atoms with Crippen LogP contribution in [0.3, 0.4) is 0 Å². The Hall–Kier alpha value is -2.78. The Kier molecular flexibility index (Phi) is 7.40. The molecule has 9 heteroatoms. The molecule has 1 aromatic heterocycles. The lowest BCUT2D eigenvalue weighted by molar-refractivity contribution is -0.110. The molecule has 6 N–H and O–H groups in total. The van der Waals surface area contributed by atoms with E-state index in [9.17, 15) is 8.78 Å². The van der Waals surface area contributed by atoms with Crippen molar-refractivity contribution in [3.63, 3.8) is 0 Å². The maximum Gasteiger partial charge on any atom is 0.216 e. The zero-order chi connectivity index (χ0) is 22.5. The van der Waals surface area contributed by atoms with Crippen molar-refractivity contribution in [1.82, 2.24) is 10.3 Å².